The van der Waals surface area contributed by atoms with Crippen LogP contribution in [0.4, 0.5) is 5.69 Å². The van der Waals surface area contributed by atoms with Crippen molar-refractivity contribution in [2.75, 3.05) is 25.5 Å². The van der Waals surface area contributed by atoms with Crippen molar-refractivity contribution in [2.24, 2.45) is 5.41 Å². The minimum absolute atomic E-state index is 0.404. The topological polar surface area (TPSA) is 15.3 Å². The Balaban J connectivity index is 2.49. The van der Waals surface area contributed by atoms with E-state index in [0.717, 1.165) is 6.54 Å². The summed E-state index contributed by atoms with van der Waals surface area (Å²) in [6.07, 6.45) is 1.20. The Bertz CT molecular complexity index is 346. The Labute approximate surface area is 112 Å². The number of benzene rings is 1. The molecule has 0 saturated carbocycles. The molecule has 0 radical (unpaired) electrons. The van der Waals surface area contributed by atoms with Gasteiger partial charge >= 0.3 is 0 Å². The largest absolute Gasteiger partial charge is 0.378 e. The Morgan fingerprint density at radius 3 is 2.11 bits per heavy atom. The second-order valence-corrected chi connectivity index (χ2v) is 6.47. The van der Waals surface area contributed by atoms with Crippen LogP contribution in [0.15, 0.2) is 24.3 Å². The highest BCUT2D eigenvalue weighted by Crippen LogP contribution is 2.20. The maximum Gasteiger partial charge on any atom is 0.0361 e. The molecule has 0 saturated heterocycles. The highest BCUT2D eigenvalue weighted by Gasteiger charge is 2.11. The van der Waals surface area contributed by atoms with E-state index in [4.69, 9.17) is 0 Å². The lowest BCUT2D eigenvalue weighted by Crippen LogP contribution is -2.23. The quantitative estimate of drug-likeness (QED) is 0.851. The van der Waals surface area contributed by atoms with Gasteiger partial charge in [-0.05, 0) is 43.0 Å². The Hall–Kier alpha value is -1.02. The van der Waals surface area contributed by atoms with Crippen molar-refractivity contribution >= 4 is 5.69 Å². The molecule has 1 rings (SSSR count). The highest BCUT2D eigenvalue weighted by atomic mass is 15.1. The third-order valence-corrected chi connectivity index (χ3v) is 3.24. The van der Waals surface area contributed by atoms with Crippen LogP contribution < -0.4 is 10.2 Å². The molecule has 2 heteroatoms. The normalized spacial score (nSPS) is 13.4. The number of nitrogens with one attached hydrogen (secondary N) is 1. The summed E-state index contributed by atoms with van der Waals surface area (Å²) in [5.74, 6) is 0. The standard InChI is InChI=1S/C16H28N2/c1-13(17-12-11-16(2,3)4)14-7-9-15(10-8-14)18(5)6/h7-10,13,17H,11-12H2,1-6H3. The highest BCUT2D eigenvalue weighted by molar-refractivity contribution is 5.46. The molecule has 0 heterocycles. The molecule has 0 spiro atoms. The second kappa shape index (κ2) is 6.24. The van der Waals surface area contributed by atoms with Gasteiger partial charge in [-0.1, -0.05) is 32.9 Å². The number of anilines is 1. The van der Waals surface area contributed by atoms with Crippen LogP contribution in [0.1, 0.15) is 45.7 Å². The molecule has 0 aliphatic heterocycles. The van der Waals surface area contributed by atoms with E-state index in [-0.39, 0.29) is 0 Å². The van der Waals surface area contributed by atoms with Gasteiger partial charge in [0.2, 0.25) is 0 Å². The van der Waals surface area contributed by atoms with Gasteiger partial charge in [-0.2, -0.15) is 0 Å². The van der Waals surface area contributed by atoms with E-state index in [1.54, 1.807) is 0 Å². The summed E-state index contributed by atoms with van der Waals surface area (Å²) in [6, 6.07) is 9.20. The molecule has 1 aromatic rings. The summed E-state index contributed by atoms with van der Waals surface area (Å²) in [5.41, 5.74) is 3.01. The van der Waals surface area contributed by atoms with Crippen molar-refractivity contribution in [2.45, 2.75) is 40.2 Å². The van der Waals surface area contributed by atoms with Crippen molar-refractivity contribution in [3.8, 4) is 0 Å². The average molecular weight is 248 g/mol. The number of hydrogen-bond acceptors (Lipinski definition) is 2. The molecule has 1 N–H and O–H groups in total. The number of nitrogens with zero attached hydrogens (tertiary/aromatic N) is 1. The van der Waals surface area contributed by atoms with Crippen molar-refractivity contribution in [1.29, 1.82) is 0 Å². The zero-order chi connectivity index (χ0) is 13.8. The molecule has 0 amide bonds. The molecule has 0 fully saturated rings. The van der Waals surface area contributed by atoms with Gasteiger partial charge in [0, 0.05) is 25.8 Å². The monoisotopic (exact) mass is 248 g/mol. The lowest BCUT2D eigenvalue weighted by molar-refractivity contribution is 0.358. The lowest BCUT2D eigenvalue weighted by Gasteiger charge is -2.21. The molecule has 0 aromatic heterocycles. The van der Waals surface area contributed by atoms with Crippen LogP contribution in [0.3, 0.4) is 0 Å². The first-order valence-corrected chi connectivity index (χ1v) is 6.80. The summed E-state index contributed by atoms with van der Waals surface area (Å²) < 4.78 is 0. The molecule has 1 unspecified atom stereocenters. The average Bonchev–Trinajstić information content (AvgIpc) is 2.27. The van der Waals surface area contributed by atoms with E-state index < -0.39 is 0 Å². The minimum atomic E-state index is 0.404. The van der Waals surface area contributed by atoms with Gasteiger partial charge in [0.25, 0.3) is 0 Å². The molecule has 102 valence electrons. The fraction of sp³-hybridized carbons (Fsp3) is 0.625. The van der Waals surface area contributed by atoms with Crippen molar-refractivity contribution in [3.05, 3.63) is 29.8 Å². The molecule has 18 heavy (non-hydrogen) atoms. The SMILES string of the molecule is CC(NCCC(C)(C)C)c1ccc(N(C)C)cc1. The summed E-state index contributed by atoms with van der Waals surface area (Å²) in [4.78, 5) is 2.13. The fourth-order valence-corrected chi connectivity index (χ4v) is 1.84. The molecule has 0 bridgehead atoms. The summed E-state index contributed by atoms with van der Waals surface area (Å²) >= 11 is 0. The summed E-state index contributed by atoms with van der Waals surface area (Å²) in [5, 5.41) is 3.59. The molecule has 0 aliphatic rings. The molecule has 1 atom stereocenters. The van der Waals surface area contributed by atoms with E-state index in [0.29, 0.717) is 11.5 Å². The molecule has 0 aliphatic carbocycles. The third-order valence-electron chi connectivity index (χ3n) is 3.24. The van der Waals surface area contributed by atoms with Gasteiger partial charge in [-0.3, -0.25) is 0 Å². The third kappa shape index (κ3) is 5.09. The molecule has 2 nitrogen and oxygen atoms in total. The second-order valence-electron chi connectivity index (χ2n) is 6.47. The van der Waals surface area contributed by atoms with Gasteiger partial charge in [0.15, 0.2) is 0 Å². The first-order valence-electron chi connectivity index (χ1n) is 6.80. The van der Waals surface area contributed by atoms with Crippen LogP contribution in [0.5, 0.6) is 0 Å². The van der Waals surface area contributed by atoms with Crippen molar-refractivity contribution in [3.63, 3.8) is 0 Å². The van der Waals surface area contributed by atoms with Gasteiger partial charge in [-0.15, -0.1) is 0 Å². The molecule has 1 aromatic carbocycles. The van der Waals surface area contributed by atoms with Gasteiger partial charge in [0.05, 0.1) is 0 Å². The first kappa shape index (κ1) is 15.0. The predicted octanol–water partition coefficient (Wildman–Crippen LogP) is 3.84. The van der Waals surface area contributed by atoms with Gasteiger partial charge in [0.1, 0.15) is 0 Å². The molecular formula is C16H28N2. The van der Waals surface area contributed by atoms with E-state index in [2.05, 4.69) is 76.3 Å². The maximum absolute atomic E-state index is 3.59. The first-order chi connectivity index (χ1) is 8.29. The smallest absolute Gasteiger partial charge is 0.0361 e. The Kier molecular flexibility index (Phi) is 5.21. The van der Waals surface area contributed by atoms with Crippen molar-refractivity contribution < 1.29 is 0 Å². The van der Waals surface area contributed by atoms with E-state index in [1.165, 1.54) is 17.7 Å². The zero-order valence-electron chi connectivity index (χ0n) is 12.7. The Morgan fingerprint density at radius 2 is 1.67 bits per heavy atom. The zero-order valence-corrected chi connectivity index (χ0v) is 12.7. The number of rotatable bonds is 5. The summed E-state index contributed by atoms with van der Waals surface area (Å²) in [7, 11) is 4.14. The van der Waals surface area contributed by atoms with Gasteiger partial charge < -0.3 is 10.2 Å². The van der Waals surface area contributed by atoms with Crippen LogP contribution in [-0.2, 0) is 0 Å². The predicted molar refractivity (Wildman–Crippen MR) is 81.3 cm³/mol. The minimum Gasteiger partial charge on any atom is -0.378 e. The van der Waals surface area contributed by atoms with E-state index in [9.17, 15) is 0 Å². The van der Waals surface area contributed by atoms with Crippen LogP contribution in [0, 0.1) is 5.41 Å². The Morgan fingerprint density at radius 1 is 1.11 bits per heavy atom. The van der Waals surface area contributed by atoms with Crippen LogP contribution in [-0.4, -0.2) is 20.6 Å². The number of hydrogen-bond donors (Lipinski definition) is 1. The fourth-order valence-electron chi connectivity index (χ4n) is 1.84. The van der Waals surface area contributed by atoms with Crippen molar-refractivity contribution in [1.82, 2.24) is 5.32 Å². The molecular weight excluding hydrogens is 220 g/mol. The van der Waals surface area contributed by atoms with Gasteiger partial charge in [-0.25, -0.2) is 0 Å². The van der Waals surface area contributed by atoms with E-state index in [1.807, 2.05) is 0 Å². The lowest BCUT2D eigenvalue weighted by atomic mass is 9.92. The van der Waals surface area contributed by atoms with E-state index >= 15 is 0 Å². The maximum atomic E-state index is 3.59. The van der Waals surface area contributed by atoms with Crippen LogP contribution >= 0.6 is 0 Å². The van der Waals surface area contributed by atoms with Crippen LogP contribution in [0.2, 0.25) is 0 Å². The summed E-state index contributed by atoms with van der Waals surface area (Å²) in [6.45, 7) is 10.1. The van der Waals surface area contributed by atoms with Crippen LogP contribution in [0.25, 0.3) is 0 Å².